The summed E-state index contributed by atoms with van der Waals surface area (Å²) in [5.41, 5.74) is 7.04. The number of pyridine rings is 2. The molecule has 0 spiro atoms. The largest absolute Gasteiger partial charge is 0.265 e. The molecule has 14 rings (SSSR count). The lowest BCUT2D eigenvalue weighted by Crippen LogP contribution is -1.99. The fourth-order valence-electron chi connectivity index (χ4n) is 7.22. The lowest BCUT2D eigenvalue weighted by molar-refractivity contribution is 1.07. The summed E-state index contributed by atoms with van der Waals surface area (Å²) in [6, 6.07) is 86.5. The van der Waals surface area contributed by atoms with Crippen molar-refractivity contribution >= 4 is 0 Å². The predicted molar refractivity (Wildman–Crippen MR) is 332 cm³/mol. The van der Waals surface area contributed by atoms with Gasteiger partial charge in [-0.1, -0.05) is 224 Å². The van der Waals surface area contributed by atoms with Crippen LogP contribution in [0.4, 0.5) is 0 Å². The minimum absolute atomic E-state index is 0.684. The van der Waals surface area contributed by atoms with E-state index in [9.17, 15) is 0 Å². The minimum Gasteiger partial charge on any atom is -0.265 e. The number of hydrogen-bond donors (Lipinski definition) is 0. The number of nitrogens with zero attached hydrogens (tertiary/aromatic N) is 14. The molecule has 7 aromatic heterocycles. The molecule has 84 heavy (non-hydrogen) atoms. The first-order valence-electron chi connectivity index (χ1n) is 26.5. The maximum absolute atomic E-state index is 4.68. The Morgan fingerprint density at radius 3 is 0.571 bits per heavy atom. The fraction of sp³-hybridized carbons (Fsp3) is 0. The highest BCUT2D eigenvalue weighted by Gasteiger charge is 2.12. The zero-order valence-electron chi connectivity index (χ0n) is 45.6. The van der Waals surface area contributed by atoms with Crippen LogP contribution in [0.3, 0.4) is 0 Å². The van der Waals surface area contributed by atoms with Crippen LogP contribution in [0.25, 0.3) is 79.7 Å². The first-order valence-corrected chi connectivity index (χ1v) is 26.5. The summed E-state index contributed by atoms with van der Waals surface area (Å²) in [7, 11) is 0. The highest BCUT2D eigenvalue weighted by atomic mass is 15.0. The van der Waals surface area contributed by atoms with Crippen molar-refractivity contribution in [1.82, 2.24) is 69.8 Å². The van der Waals surface area contributed by atoms with E-state index in [0.717, 1.165) is 50.6 Å². The zero-order valence-corrected chi connectivity index (χ0v) is 45.6. The number of rotatable bonds is 7. The molecular formula is C70H56N14. The van der Waals surface area contributed by atoms with Gasteiger partial charge in [0.05, 0.1) is 0 Å². The van der Waals surface area contributed by atoms with E-state index in [1.165, 1.54) is 6.33 Å². The molecule has 14 aromatic rings. The van der Waals surface area contributed by atoms with Crippen LogP contribution in [-0.2, 0) is 0 Å². The predicted octanol–water partition coefficient (Wildman–Crippen LogP) is 15.0. The van der Waals surface area contributed by atoms with Crippen LogP contribution in [0.2, 0.25) is 0 Å². The van der Waals surface area contributed by atoms with Crippen LogP contribution in [0.15, 0.2) is 342 Å². The van der Waals surface area contributed by atoms with E-state index < -0.39 is 0 Å². The fourth-order valence-corrected chi connectivity index (χ4v) is 7.22. The van der Waals surface area contributed by atoms with E-state index in [1.807, 2.05) is 261 Å². The van der Waals surface area contributed by atoms with Crippen LogP contribution < -0.4 is 0 Å². The molecule has 0 radical (unpaired) electrons. The lowest BCUT2D eigenvalue weighted by Gasteiger charge is -2.08. The van der Waals surface area contributed by atoms with Crippen molar-refractivity contribution in [2.24, 2.45) is 0 Å². The second-order valence-corrected chi connectivity index (χ2v) is 17.1. The molecule has 0 unspecified atom stereocenters. The maximum Gasteiger partial charge on any atom is 0.164 e. The number of hydrogen-bond acceptors (Lipinski definition) is 14. The van der Waals surface area contributed by atoms with Gasteiger partial charge in [0.2, 0.25) is 0 Å². The zero-order chi connectivity index (χ0) is 57.6. The highest BCUT2D eigenvalue weighted by molar-refractivity contribution is 5.66. The molecule has 14 heteroatoms. The molecule has 14 nitrogen and oxygen atoms in total. The summed E-state index contributed by atoms with van der Waals surface area (Å²) in [4.78, 5) is 58.4. The Hall–Kier alpha value is -11.9. The molecule has 0 atom stereocenters. The molecule has 0 aliphatic rings. The standard InChI is InChI=1S/C21H15N3.C15H11N3.2C10H8N2.2C5H5N.C4H4N2/c1-4-10-16(11-5-1)19-22-20(17-12-6-2-7-13-17)24-21(23-19)18-14-8-3-9-15-18;1-3-7-12(8-4-1)14-16-11-17-15(18-14)13-9-5-2-6-10-13;2*1-2-5-9(6-3-1)10-11-7-4-8-12-10;2*1-2-4-6-5-3-1;1-2-5-4-6-3-1/h1-15H;1-11H;2*1-8H;2*1-5H;1-4H. The Balaban J connectivity index is 0.000000136. The van der Waals surface area contributed by atoms with E-state index in [4.69, 9.17) is 0 Å². The third-order valence-corrected chi connectivity index (χ3v) is 11.2. The van der Waals surface area contributed by atoms with Crippen molar-refractivity contribution in [2.75, 3.05) is 0 Å². The van der Waals surface area contributed by atoms with Crippen molar-refractivity contribution in [2.45, 2.75) is 0 Å². The third-order valence-electron chi connectivity index (χ3n) is 11.2. The summed E-state index contributed by atoms with van der Waals surface area (Å²) in [6.45, 7) is 0. The van der Waals surface area contributed by atoms with Crippen LogP contribution in [-0.4, -0.2) is 69.8 Å². The molecule has 0 fully saturated rings. The average molecular weight is 1090 g/mol. The van der Waals surface area contributed by atoms with Crippen molar-refractivity contribution < 1.29 is 0 Å². The van der Waals surface area contributed by atoms with E-state index in [0.29, 0.717) is 29.1 Å². The van der Waals surface area contributed by atoms with E-state index in [-0.39, 0.29) is 0 Å². The van der Waals surface area contributed by atoms with E-state index in [1.54, 1.807) is 74.4 Å². The Morgan fingerprint density at radius 2 is 0.357 bits per heavy atom. The van der Waals surface area contributed by atoms with Crippen molar-refractivity contribution in [1.29, 1.82) is 0 Å². The molecule has 0 saturated heterocycles. The summed E-state index contributed by atoms with van der Waals surface area (Å²) in [5, 5.41) is 0. The lowest BCUT2D eigenvalue weighted by atomic mass is 10.1. The molecule has 0 aliphatic heterocycles. The topological polar surface area (TPSA) is 180 Å². The van der Waals surface area contributed by atoms with E-state index in [2.05, 4.69) is 69.8 Å². The van der Waals surface area contributed by atoms with Crippen molar-refractivity contribution in [3.8, 4) is 79.7 Å². The molecule has 7 heterocycles. The molecule has 0 aliphatic carbocycles. The van der Waals surface area contributed by atoms with Gasteiger partial charge in [-0.2, -0.15) is 0 Å². The van der Waals surface area contributed by atoms with Gasteiger partial charge < -0.3 is 0 Å². The molecule has 406 valence electrons. The first-order chi connectivity index (χ1) is 41.8. The summed E-state index contributed by atoms with van der Waals surface area (Å²) in [6.07, 6.45) is 20.4. The second-order valence-electron chi connectivity index (χ2n) is 17.1. The van der Waals surface area contributed by atoms with Gasteiger partial charge in [0.15, 0.2) is 40.8 Å². The SMILES string of the molecule is c1ccc(-c2nc(-c3ccccc3)nc(-c3ccccc3)n2)cc1.c1ccc(-c2ncccn2)cc1.c1ccc(-c2ncccn2)cc1.c1ccc(-c2ncnc(-c3ccccc3)n2)cc1.c1ccncc1.c1ccncc1.c1cncnc1. The quantitative estimate of drug-likeness (QED) is 0.147. The monoisotopic (exact) mass is 1090 g/mol. The van der Waals surface area contributed by atoms with Gasteiger partial charge in [0.25, 0.3) is 0 Å². The molecule has 0 amide bonds. The van der Waals surface area contributed by atoms with Gasteiger partial charge in [-0.25, -0.2) is 59.8 Å². The normalized spacial score (nSPS) is 9.67. The van der Waals surface area contributed by atoms with Gasteiger partial charge in [0, 0.05) is 101 Å². The Bertz CT molecular complexity index is 3400. The van der Waals surface area contributed by atoms with Crippen LogP contribution in [0, 0.1) is 0 Å². The van der Waals surface area contributed by atoms with Crippen LogP contribution in [0.1, 0.15) is 0 Å². The van der Waals surface area contributed by atoms with Gasteiger partial charge in [0.1, 0.15) is 12.7 Å². The molecule has 0 bridgehead atoms. The summed E-state index contributed by atoms with van der Waals surface area (Å²) < 4.78 is 0. The van der Waals surface area contributed by atoms with E-state index >= 15 is 0 Å². The Kier molecular flexibility index (Phi) is 24.2. The minimum atomic E-state index is 0.684. The van der Waals surface area contributed by atoms with Gasteiger partial charge >= 0.3 is 0 Å². The summed E-state index contributed by atoms with van der Waals surface area (Å²) in [5.74, 6) is 5.00. The average Bonchev–Trinajstić information content (AvgIpc) is 3.75. The number of benzene rings is 7. The van der Waals surface area contributed by atoms with Crippen molar-refractivity contribution in [3.05, 3.63) is 342 Å². The highest BCUT2D eigenvalue weighted by Crippen LogP contribution is 2.25. The first kappa shape index (κ1) is 58.3. The summed E-state index contributed by atoms with van der Waals surface area (Å²) >= 11 is 0. The van der Waals surface area contributed by atoms with Gasteiger partial charge in [-0.05, 0) is 42.5 Å². The smallest absolute Gasteiger partial charge is 0.164 e. The maximum atomic E-state index is 4.68. The van der Waals surface area contributed by atoms with Crippen molar-refractivity contribution in [3.63, 3.8) is 0 Å². The van der Waals surface area contributed by atoms with Gasteiger partial charge in [-0.15, -0.1) is 0 Å². The second kappa shape index (κ2) is 34.9. The molecule has 7 aromatic carbocycles. The van der Waals surface area contributed by atoms with Gasteiger partial charge in [-0.3, -0.25) is 9.97 Å². The van der Waals surface area contributed by atoms with Crippen LogP contribution in [0.5, 0.6) is 0 Å². The molecule has 0 saturated carbocycles. The molecule has 0 N–H and O–H groups in total. The molecular weight excluding hydrogens is 1040 g/mol. The number of aromatic nitrogens is 14. The Morgan fingerprint density at radius 1 is 0.143 bits per heavy atom. The Labute approximate surface area is 488 Å². The third kappa shape index (κ3) is 20.4. The van der Waals surface area contributed by atoms with Crippen LogP contribution >= 0.6 is 0 Å².